The van der Waals surface area contributed by atoms with Crippen molar-refractivity contribution in [1.29, 1.82) is 0 Å². The molecular formula is C15H31N3O. The number of likely N-dealkylation sites (tertiary alicyclic amines) is 1. The molecule has 0 bridgehead atoms. The second kappa shape index (κ2) is 7.85. The third kappa shape index (κ3) is 5.11. The standard InChI is InChI=1S/C15H31N3O/c1-12(2)9-13(3)17(4)14(11-16)10-15(19)18-7-5-6-8-18/h12-14H,5-11,16H2,1-4H3. The van der Waals surface area contributed by atoms with Crippen molar-refractivity contribution in [1.82, 2.24) is 9.80 Å². The molecular weight excluding hydrogens is 238 g/mol. The normalized spacial score (nSPS) is 19.2. The van der Waals surface area contributed by atoms with Gasteiger partial charge in [-0.1, -0.05) is 13.8 Å². The van der Waals surface area contributed by atoms with E-state index in [0.717, 1.165) is 32.4 Å². The van der Waals surface area contributed by atoms with E-state index in [4.69, 9.17) is 5.73 Å². The largest absolute Gasteiger partial charge is 0.343 e. The van der Waals surface area contributed by atoms with E-state index in [2.05, 4.69) is 32.7 Å². The molecule has 1 aliphatic heterocycles. The Hall–Kier alpha value is -0.610. The topological polar surface area (TPSA) is 49.6 Å². The molecule has 2 N–H and O–H groups in total. The van der Waals surface area contributed by atoms with Crippen LogP contribution in [0.1, 0.15) is 46.5 Å². The zero-order chi connectivity index (χ0) is 14.4. The lowest BCUT2D eigenvalue weighted by molar-refractivity contribution is -0.131. The van der Waals surface area contributed by atoms with Gasteiger partial charge in [-0.15, -0.1) is 0 Å². The first-order valence-corrected chi connectivity index (χ1v) is 7.65. The maximum atomic E-state index is 12.2. The SMILES string of the molecule is CC(C)CC(C)N(C)C(CN)CC(=O)N1CCCC1. The summed E-state index contributed by atoms with van der Waals surface area (Å²) >= 11 is 0. The number of carbonyl (C=O) groups excluding carboxylic acids is 1. The molecule has 1 aliphatic rings. The van der Waals surface area contributed by atoms with Crippen molar-refractivity contribution in [3.63, 3.8) is 0 Å². The van der Waals surface area contributed by atoms with Crippen LogP contribution in [-0.2, 0) is 4.79 Å². The molecule has 112 valence electrons. The third-order valence-electron chi connectivity index (χ3n) is 4.22. The molecule has 0 aliphatic carbocycles. The Bertz CT molecular complexity index is 275. The van der Waals surface area contributed by atoms with Crippen molar-refractivity contribution in [3.8, 4) is 0 Å². The Balaban J connectivity index is 2.49. The van der Waals surface area contributed by atoms with Crippen LogP contribution in [0, 0.1) is 5.92 Å². The van der Waals surface area contributed by atoms with Crippen molar-refractivity contribution in [3.05, 3.63) is 0 Å². The molecule has 4 nitrogen and oxygen atoms in total. The van der Waals surface area contributed by atoms with Gasteiger partial charge in [-0.3, -0.25) is 9.69 Å². The summed E-state index contributed by atoms with van der Waals surface area (Å²) in [5, 5.41) is 0. The van der Waals surface area contributed by atoms with Crippen molar-refractivity contribution in [2.24, 2.45) is 11.7 Å². The highest BCUT2D eigenvalue weighted by molar-refractivity contribution is 5.77. The Morgan fingerprint density at radius 3 is 2.32 bits per heavy atom. The van der Waals surface area contributed by atoms with E-state index >= 15 is 0 Å². The lowest BCUT2D eigenvalue weighted by Crippen LogP contribution is -2.46. The minimum Gasteiger partial charge on any atom is -0.343 e. The highest BCUT2D eigenvalue weighted by Crippen LogP contribution is 2.16. The van der Waals surface area contributed by atoms with Crippen LogP contribution in [0.15, 0.2) is 0 Å². The van der Waals surface area contributed by atoms with Gasteiger partial charge in [0.25, 0.3) is 0 Å². The van der Waals surface area contributed by atoms with Gasteiger partial charge in [-0.05, 0) is 39.2 Å². The fraction of sp³-hybridized carbons (Fsp3) is 0.933. The van der Waals surface area contributed by atoms with Gasteiger partial charge in [0.1, 0.15) is 0 Å². The van der Waals surface area contributed by atoms with Crippen LogP contribution in [0.5, 0.6) is 0 Å². The van der Waals surface area contributed by atoms with Crippen molar-refractivity contribution in [2.45, 2.75) is 58.5 Å². The molecule has 0 radical (unpaired) electrons. The van der Waals surface area contributed by atoms with Gasteiger partial charge >= 0.3 is 0 Å². The lowest BCUT2D eigenvalue weighted by Gasteiger charge is -2.34. The van der Waals surface area contributed by atoms with E-state index in [0.29, 0.717) is 24.9 Å². The predicted octanol–water partition coefficient (Wildman–Crippen LogP) is 1.69. The highest BCUT2D eigenvalue weighted by Gasteiger charge is 2.25. The maximum Gasteiger partial charge on any atom is 0.224 e. The van der Waals surface area contributed by atoms with Gasteiger partial charge in [-0.25, -0.2) is 0 Å². The second-order valence-corrected chi connectivity index (χ2v) is 6.33. The van der Waals surface area contributed by atoms with Gasteiger partial charge in [0, 0.05) is 38.1 Å². The summed E-state index contributed by atoms with van der Waals surface area (Å²) in [4.78, 5) is 16.5. The maximum absolute atomic E-state index is 12.2. The molecule has 2 atom stereocenters. The molecule has 1 amide bonds. The smallest absolute Gasteiger partial charge is 0.224 e. The Morgan fingerprint density at radius 2 is 1.84 bits per heavy atom. The molecule has 0 spiro atoms. The van der Waals surface area contributed by atoms with E-state index in [-0.39, 0.29) is 11.9 Å². The highest BCUT2D eigenvalue weighted by atomic mass is 16.2. The van der Waals surface area contributed by atoms with Crippen molar-refractivity contribution < 1.29 is 4.79 Å². The van der Waals surface area contributed by atoms with Crippen molar-refractivity contribution >= 4 is 5.91 Å². The quantitative estimate of drug-likeness (QED) is 0.765. The molecule has 4 heteroatoms. The molecule has 1 saturated heterocycles. The number of hydrogen-bond acceptors (Lipinski definition) is 3. The monoisotopic (exact) mass is 269 g/mol. The second-order valence-electron chi connectivity index (χ2n) is 6.33. The summed E-state index contributed by atoms with van der Waals surface area (Å²) in [5.74, 6) is 0.946. The Morgan fingerprint density at radius 1 is 1.26 bits per heavy atom. The number of amides is 1. The van der Waals surface area contributed by atoms with E-state index in [9.17, 15) is 4.79 Å². The summed E-state index contributed by atoms with van der Waals surface area (Å²) in [5.41, 5.74) is 5.88. The van der Waals surface area contributed by atoms with Crippen LogP contribution < -0.4 is 5.73 Å². The molecule has 0 aromatic carbocycles. The molecule has 1 fully saturated rings. The van der Waals surface area contributed by atoms with Gasteiger partial charge in [0.15, 0.2) is 0 Å². The van der Waals surface area contributed by atoms with Crippen LogP contribution in [0.2, 0.25) is 0 Å². The predicted molar refractivity (Wildman–Crippen MR) is 80.0 cm³/mol. The van der Waals surface area contributed by atoms with Gasteiger partial charge in [0.05, 0.1) is 0 Å². The van der Waals surface area contributed by atoms with E-state index < -0.39 is 0 Å². The number of nitrogens with zero attached hydrogens (tertiary/aromatic N) is 2. The molecule has 1 heterocycles. The lowest BCUT2D eigenvalue weighted by atomic mass is 10.0. The summed E-state index contributed by atoms with van der Waals surface area (Å²) in [6.45, 7) is 9.11. The van der Waals surface area contributed by atoms with Crippen LogP contribution in [0.25, 0.3) is 0 Å². The average molecular weight is 269 g/mol. The summed E-state index contributed by atoms with van der Waals surface area (Å²) < 4.78 is 0. The summed E-state index contributed by atoms with van der Waals surface area (Å²) in [6.07, 6.45) is 4.01. The first kappa shape index (κ1) is 16.4. The Kier molecular flexibility index (Phi) is 6.80. The summed E-state index contributed by atoms with van der Waals surface area (Å²) in [6, 6.07) is 0.641. The number of likely N-dealkylation sites (N-methyl/N-ethyl adjacent to an activating group) is 1. The minimum atomic E-state index is 0.168. The molecule has 1 rings (SSSR count). The average Bonchev–Trinajstić information content (AvgIpc) is 2.87. The van der Waals surface area contributed by atoms with Gasteiger partial charge in [-0.2, -0.15) is 0 Å². The molecule has 0 aromatic heterocycles. The van der Waals surface area contributed by atoms with Crippen LogP contribution >= 0.6 is 0 Å². The minimum absolute atomic E-state index is 0.168. The molecule has 19 heavy (non-hydrogen) atoms. The third-order valence-corrected chi connectivity index (χ3v) is 4.22. The molecule has 0 aromatic rings. The fourth-order valence-corrected chi connectivity index (χ4v) is 2.90. The van der Waals surface area contributed by atoms with Crippen LogP contribution in [0.3, 0.4) is 0 Å². The number of carbonyl (C=O) groups is 1. The van der Waals surface area contributed by atoms with Crippen molar-refractivity contribution in [2.75, 3.05) is 26.7 Å². The number of nitrogens with two attached hydrogens (primary N) is 1. The van der Waals surface area contributed by atoms with Gasteiger partial charge in [0.2, 0.25) is 5.91 Å². The van der Waals surface area contributed by atoms with E-state index in [1.165, 1.54) is 0 Å². The van der Waals surface area contributed by atoms with E-state index in [1.807, 2.05) is 4.90 Å². The van der Waals surface area contributed by atoms with E-state index in [1.54, 1.807) is 0 Å². The Labute approximate surface area is 118 Å². The zero-order valence-electron chi connectivity index (χ0n) is 13.1. The molecule has 0 saturated carbocycles. The van der Waals surface area contributed by atoms with Gasteiger partial charge < -0.3 is 10.6 Å². The zero-order valence-corrected chi connectivity index (χ0v) is 13.1. The first-order valence-electron chi connectivity index (χ1n) is 7.65. The van der Waals surface area contributed by atoms with Crippen LogP contribution in [0.4, 0.5) is 0 Å². The fourth-order valence-electron chi connectivity index (χ4n) is 2.90. The number of rotatable bonds is 7. The number of hydrogen-bond donors (Lipinski definition) is 1. The molecule has 2 unspecified atom stereocenters. The first-order chi connectivity index (χ1) is 8.95. The van der Waals surface area contributed by atoms with Crippen LogP contribution in [-0.4, -0.2) is 54.5 Å². The summed E-state index contributed by atoms with van der Waals surface area (Å²) in [7, 11) is 2.10.